The fourth-order valence-electron chi connectivity index (χ4n) is 1.30. The minimum Gasteiger partial charge on any atom is -0.379 e. The van der Waals surface area contributed by atoms with Gasteiger partial charge >= 0.3 is 0 Å². The largest absolute Gasteiger partial charge is 0.379 e. The van der Waals surface area contributed by atoms with Crippen molar-refractivity contribution in [3.63, 3.8) is 0 Å². The van der Waals surface area contributed by atoms with E-state index in [4.69, 9.17) is 5.26 Å². The molecule has 2 aromatic rings. The minimum atomic E-state index is 0. The molecule has 19 heavy (non-hydrogen) atoms. The van der Waals surface area contributed by atoms with Crippen molar-refractivity contribution < 1.29 is 42.1 Å². The van der Waals surface area contributed by atoms with E-state index in [2.05, 4.69) is 22.6 Å². The fraction of sp³-hybridized carbons (Fsp3) is 0.417. The van der Waals surface area contributed by atoms with E-state index in [1.54, 1.807) is 11.7 Å². The Hall–Kier alpha value is -0.713. The number of rotatable bonds is 0. The smallest absolute Gasteiger partial charge is 0.0181 e. The molecule has 0 amide bonds. The summed E-state index contributed by atoms with van der Waals surface area (Å²) in [5.74, 6) is 0. The molecule has 0 spiro atoms. The number of aromatic nitrogens is 4. The van der Waals surface area contributed by atoms with Crippen molar-refractivity contribution in [3.05, 3.63) is 34.9 Å². The molecule has 0 unspecified atom stereocenters. The van der Waals surface area contributed by atoms with Gasteiger partial charge in [-0.2, -0.15) is 11.1 Å². The zero-order valence-electron chi connectivity index (χ0n) is 11.6. The molecule has 0 N–H and O–H groups in total. The topological polar surface area (TPSA) is 59.4 Å². The molecule has 0 aliphatic rings. The van der Waals surface area contributed by atoms with Crippen molar-refractivity contribution in [1.29, 1.82) is 5.26 Å². The minimum absolute atomic E-state index is 0. The van der Waals surface area contributed by atoms with E-state index in [0.717, 1.165) is 16.8 Å². The van der Waals surface area contributed by atoms with E-state index in [0.29, 0.717) is 5.69 Å². The molecule has 2 heterocycles. The molecule has 0 aliphatic carbocycles. The number of hydrogen-bond acceptors (Lipinski definition) is 3. The zero-order chi connectivity index (χ0) is 13.0. The van der Waals surface area contributed by atoms with E-state index in [9.17, 15) is 0 Å². The van der Waals surface area contributed by atoms with Crippen molar-refractivity contribution in [1.82, 2.24) is 19.6 Å². The molecule has 0 fully saturated rings. The maximum Gasteiger partial charge on any atom is 0.0181 e. The van der Waals surface area contributed by atoms with Crippen molar-refractivity contribution >= 4 is 0 Å². The first-order valence-electron chi connectivity index (χ1n) is 5.16. The summed E-state index contributed by atoms with van der Waals surface area (Å²) in [5, 5.41) is 16.3. The number of nitrogens with zero attached hydrogens (tertiary/aromatic N) is 5. The third-order valence-corrected chi connectivity index (χ3v) is 2.32. The molecule has 2 aromatic heterocycles. The summed E-state index contributed by atoms with van der Waals surface area (Å²) in [4.78, 5) is 0. The fourth-order valence-corrected chi connectivity index (χ4v) is 1.30. The summed E-state index contributed by atoms with van der Waals surface area (Å²) >= 11 is 0. The summed E-state index contributed by atoms with van der Waals surface area (Å²) in [5.41, 5.74) is 3.58. The van der Waals surface area contributed by atoms with Crippen molar-refractivity contribution in [2.45, 2.75) is 20.8 Å². The molecule has 102 valence electrons. The predicted molar refractivity (Wildman–Crippen MR) is 63.0 cm³/mol. The first kappa shape index (κ1) is 20.6. The van der Waals surface area contributed by atoms with Gasteiger partial charge in [0.05, 0.1) is 0 Å². The van der Waals surface area contributed by atoms with Crippen LogP contribution in [0.5, 0.6) is 0 Å². The van der Waals surface area contributed by atoms with Gasteiger partial charge < -0.3 is 14.5 Å². The number of nitriles is 1. The normalized spacial score (nSPS) is 8.42. The van der Waals surface area contributed by atoms with Gasteiger partial charge in [0.2, 0.25) is 0 Å². The van der Waals surface area contributed by atoms with Crippen molar-refractivity contribution in [3.8, 4) is 6.07 Å². The van der Waals surface area contributed by atoms with Crippen molar-refractivity contribution in [2.75, 3.05) is 0 Å². The van der Waals surface area contributed by atoms with Crippen LogP contribution >= 0.6 is 0 Å². The predicted octanol–water partition coefficient (Wildman–Crippen LogP) is 1.23. The van der Waals surface area contributed by atoms with Gasteiger partial charge in [-0.05, 0) is 5.69 Å². The standard InChI is InChI=1S/C6H6N3.C6H9N2.2W/c1-5-4-8-9(2)6(5)3-7;1-5-4-8(3)7-6(5)2;;/h1-2H3;1-3H3;;/q2*-1;;. The quantitative estimate of drug-likeness (QED) is 0.430. The van der Waals surface area contributed by atoms with E-state index < -0.39 is 0 Å². The van der Waals surface area contributed by atoms with Crippen LogP contribution in [0.1, 0.15) is 22.5 Å². The molecule has 0 atom stereocenters. The molecule has 0 radical (unpaired) electrons. The molecule has 0 bridgehead atoms. The number of hydrogen-bond donors (Lipinski definition) is 0. The molecule has 0 aliphatic heterocycles. The average Bonchev–Trinajstić information content (AvgIpc) is 2.72. The van der Waals surface area contributed by atoms with E-state index in [1.165, 1.54) is 4.68 Å². The SMILES string of the molecule is Cc1[c-]n(C)nc1C.Cc1[c-]nn(C)c1C#N.[W].[W]. The van der Waals surface area contributed by atoms with Crippen LogP contribution in [0, 0.1) is 44.5 Å². The Morgan fingerprint density at radius 2 is 1.68 bits per heavy atom. The summed E-state index contributed by atoms with van der Waals surface area (Å²) in [6.45, 7) is 5.79. The van der Waals surface area contributed by atoms with Gasteiger partial charge in [-0.3, -0.25) is 5.10 Å². The number of aryl methyl sites for hydroxylation is 5. The Morgan fingerprint density at radius 1 is 1.11 bits per heavy atom. The Bertz CT molecular complexity index is 512. The van der Waals surface area contributed by atoms with Crippen LogP contribution in [0.15, 0.2) is 0 Å². The Kier molecular flexibility index (Phi) is 10.0. The van der Waals surface area contributed by atoms with Crippen LogP contribution in [-0.4, -0.2) is 19.6 Å². The van der Waals surface area contributed by atoms with E-state index in [1.807, 2.05) is 33.9 Å². The van der Waals surface area contributed by atoms with E-state index >= 15 is 0 Å². The summed E-state index contributed by atoms with van der Waals surface area (Å²) < 4.78 is 3.21. The first-order valence-corrected chi connectivity index (χ1v) is 5.16. The molecule has 0 aromatic carbocycles. The average molecular weight is 597 g/mol. The Balaban J connectivity index is 0. The zero-order valence-corrected chi connectivity index (χ0v) is 17.4. The summed E-state index contributed by atoms with van der Waals surface area (Å²) in [6, 6.07) is 2.01. The van der Waals surface area contributed by atoms with E-state index in [-0.39, 0.29) is 42.1 Å². The molecule has 0 saturated carbocycles. The molecule has 2 rings (SSSR count). The molecular weight excluding hydrogens is 582 g/mol. The Labute approximate surface area is 142 Å². The van der Waals surface area contributed by atoms with Gasteiger partial charge in [-0.1, -0.05) is 26.5 Å². The van der Waals surface area contributed by atoms with Gasteiger partial charge in [-0.15, -0.1) is 12.4 Å². The molecule has 7 heteroatoms. The summed E-state index contributed by atoms with van der Waals surface area (Å²) in [6.07, 6.45) is 5.69. The van der Waals surface area contributed by atoms with Crippen LogP contribution in [-0.2, 0) is 56.2 Å². The third-order valence-electron chi connectivity index (χ3n) is 2.32. The van der Waals surface area contributed by atoms with Crippen LogP contribution in [0.2, 0.25) is 0 Å². The third kappa shape index (κ3) is 5.85. The molecular formula is C12H15N5W2-2. The van der Waals surface area contributed by atoms with Crippen LogP contribution < -0.4 is 0 Å². The van der Waals surface area contributed by atoms with Crippen LogP contribution in [0.4, 0.5) is 0 Å². The molecule has 5 nitrogen and oxygen atoms in total. The second-order valence-electron chi connectivity index (χ2n) is 3.77. The van der Waals surface area contributed by atoms with Crippen molar-refractivity contribution in [2.24, 2.45) is 14.1 Å². The first-order chi connectivity index (χ1) is 7.95. The van der Waals surface area contributed by atoms with Gasteiger partial charge in [-0.25, -0.2) is 5.26 Å². The van der Waals surface area contributed by atoms with Crippen LogP contribution in [0.25, 0.3) is 0 Å². The van der Waals surface area contributed by atoms with Crippen LogP contribution in [0.3, 0.4) is 0 Å². The second-order valence-corrected chi connectivity index (χ2v) is 3.77. The second kappa shape index (κ2) is 9.23. The maximum atomic E-state index is 8.46. The van der Waals surface area contributed by atoms with Gasteiger partial charge in [0.15, 0.2) is 0 Å². The maximum absolute atomic E-state index is 8.46. The molecule has 0 saturated heterocycles. The summed E-state index contributed by atoms with van der Waals surface area (Å²) in [7, 11) is 3.60. The Morgan fingerprint density at radius 3 is 1.84 bits per heavy atom. The van der Waals surface area contributed by atoms with Gasteiger partial charge in [0.25, 0.3) is 0 Å². The monoisotopic (exact) mass is 597 g/mol. The van der Waals surface area contributed by atoms with Gasteiger partial charge in [0.1, 0.15) is 0 Å². The van der Waals surface area contributed by atoms with Gasteiger partial charge in [0, 0.05) is 62.3 Å².